The third kappa shape index (κ3) is 5.30. The second kappa shape index (κ2) is 8.46. The maximum Gasteiger partial charge on any atom is 0.326 e. The van der Waals surface area contributed by atoms with Crippen molar-refractivity contribution in [2.24, 2.45) is 5.92 Å². The maximum absolute atomic E-state index is 13.2. The van der Waals surface area contributed by atoms with Gasteiger partial charge in [-0.2, -0.15) is 0 Å². The number of fused-ring (bicyclic) bond motifs is 1. The molecule has 0 aliphatic carbocycles. The minimum atomic E-state index is -1.11. The molecule has 1 atom stereocenters. The smallest absolute Gasteiger partial charge is 0.326 e. The fourth-order valence-corrected chi connectivity index (χ4v) is 2.66. The third-order valence-corrected chi connectivity index (χ3v) is 3.87. The van der Waals surface area contributed by atoms with Gasteiger partial charge in [-0.15, -0.1) is 0 Å². The Morgan fingerprint density at radius 3 is 2.62 bits per heavy atom. The van der Waals surface area contributed by atoms with Crippen LogP contribution in [0.4, 0.5) is 4.39 Å². The number of halogens is 1. The van der Waals surface area contributed by atoms with E-state index in [0.717, 1.165) is 5.39 Å². The Bertz CT molecular complexity index is 816. The van der Waals surface area contributed by atoms with E-state index in [1.165, 1.54) is 12.1 Å². The van der Waals surface area contributed by atoms with Crippen LogP contribution in [0.25, 0.3) is 10.9 Å². The molecule has 1 aromatic carbocycles. The number of aromatic amines is 1. The number of aromatic nitrogens is 1. The Labute approximate surface area is 150 Å². The summed E-state index contributed by atoms with van der Waals surface area (Å²) in [5.74, 6) is -2.32. The van der Waals surface area contributed by atoms with Crippen molar-refractivity contribution in [3.05, 3.63) is 35.8 Å². The number of benzene rings is 1. The Kier molecular flexibility index (Phi) is 6.32. The molecule has 8 heteroatoms. The highest BCUT2D eigenvalue weighted by molar-refractivity contribution is 5.91. The first kappa shape index (κ1) is 19.4. The lowest BCUT2D eigenvalue weighted by Crippen LogP contribution is -2.46. The van der Waals surface area contributed by atoms with Crippen molar-refractivity contribution in [2.45, 2.75) is 32.7 Å². The summed E-state index contributed by atoms with van der Waals surface area (Å²) < 4.78 is 13.2. The highest BCUT2D eigenvalue weighted by Gasteiger charge is 2.21. The van der Waals surface area contributed by atoms with E-state index in [1.807, 2.05) is 13.8 Å². The van der Waals surface area contributed by atoms with Crippen molar-refractivity contribution < 1.29 is 23.9 Å². The number of rotatable bonds is 8. The van der Waals surface area contributed by atoms with E-state index in [2.05, 4.69) is 15.6 Å². The van der Waals surface area contributed by atoms with Crippen LogP contribution in [0.2, 0.25) is 0 Å². The molecule has 0 fully saturated rings. The van der Waals surface area contributed by atoms with Crippen LogP contribution in [0.15, 0.2) is 24.4 Å². The summed E-state index contributed by atoms with van der Waals surface area (Å²) in [5, 5.41) is 14.7. The number of carboxylic acids is 1. The highest BCUT2D eigenvalue weighted by Crippen LogP contribution is 2.19. The van der Waals surface area contributed by atoms with Gasteiger partial charge in [-0.25, -0.2) is 9.18 Å². The zero-order valence-electron chi connectivity index (χ0n) is 14.6. The van der Waals surface area contributed by atoms with E-state index >= 15 is 0 Å². The van der Waals surface area contributed by atoms with Gasteiger partial charge < -0.3 is 20.7 Å². The summed E-state index contributed by atoms with van der Waals surface area (Å²) in [5.41, 5.74) is 1.27. The maximum atomic E-state index is 13.2. The normalized spacial score (nSPS) is 12.2. The second-order valence-corrected chi connectivity index (χ2v) is 6.55. The monoisotopic (exact) mass is 363 g/mol. The standard InChI is InChI=1S/C18H22FN3O4/c1-10(2)5-15(18(25)26)22-17(24)9-21-16(23)6-11-8-20-14-7-12(19)3-4-13(11)14/h3-4,7-8,10,15,20H,5-6,9H2,1-2H3,(H,21,23)(H,22,24)(H,25,26)/t15-/m0/s1. The van der Waals surface area contributed by atoms with Gasteiger partial charge in [0.25, 0.3) is 0 Å². The van der Waals surface area contributed by atoms with Crippen molar-refractivity contribution in [2.75, 3.05) is 6.54 Å². The van der Waals surface area contributed by atoms with E-state index in [1.54, 1.807) is 12.3 Å². The molecule has 7 nitrogen and oxygen atoms in total. The van der Waals surface area contributed by atoms with E-state index in [-0.39, 0.29) is 30.6 Å². The quantitative estimate of drug-likeness (QED) is 0.570. The molecule has 0 saturated carbocycles. The van der Waals surface area contributed by atoms with Crippen molar-refractivity contribution in [3.63, 3.8) is 0 Å². The number of carbonyl (C=O) groups excluding carboxylic acids is 2. The lowest BCUT2D eigenvalue weighted by atomic mass is 10.0. The summed E-state index contributed by atoms with van der Waals surface area (Å²) in [7, 11) is 0. The van der Waals surface area contributed by atoms with Gasteiger partial charge in [0.05, 0.1) is 13.0 Å². The van der Waals surface area contributed by atoms with Gasteiger partial charge in [0, 0.05) is 17.1 Å². The average molecular weight is 363 g/mol. The summed E-state index contributed by atoms with van der Waals surface area (Å²) in [4.78, 5) is 37.9. The number of amides is 2. The first-order chi connectivity index (χ1) is 12.3. The zero-order chi connectivity index (χ0) is 19.3. The molecule has 140 valence electrons. The van der Waals surface area contributed by atoms with E-state index in [4.69, 9.17) is 5.11 Å². The molecule has 4 N–H and O–H groups in total. The van der Waals surface area contributed by atoms with Crippen LogP contribution in [-0.4, -0.2) is 40.5 Å². The predicted octanol–water partition coefficient (Wildman–Crippen LogP) is 1.58. The van der Waals surface area contributed by atoms with E-state index in [9.17, 15) is 18.8 Å². The first-order valence-corrected chi connectivity index (χ1v) is 8.30. The number of aliphatic carboxylic acids is 1. The van der Waals surface area contributed by atoms with E-state index < -0.39 is 17.9 Å². The number of nitrogens with one attached hydrogen (secondary N) is 3. The third-order valence-electron chi connectivity index (χ3n) is 3.87. The second-order valence-electron chi connectivity index (χ2n) is 6.55. The molecule has 0 radical (unpaired) electrons. The molecule has 26 heavy (non-hydrogen) atoms. The number of hydrogen-bond donors (Lipinski definition) is 4. The highest BCUT2D eigenvalue weighted by atomic mass is 19.1. The molecule has 1 aromatic heterocycles. The number of carbonyl (C=O) groups is 3. The minimum absolute atomic E-state index is 0.0211. The summed E-state index contributed by atoms with van der Waals surface area (Å²) in [6, 6.07) is 3.25. The summed E-state index contributed by atoms with van der Waals surface area (Å²) in [6.07, 6.45) is 1.95. The number of hydrogen-bond acceptors (Lipinski definition) is 3. The zero-order valence-corrected chi connectivity index (χ0v) is 14.6. The van der Waals surface area contributed by atoms with Gasteiger partial charge in [0.2, 0.25) is 11.8 Å². The van der Waals surface area contributed by atoms with Gasteiger partial charge in [0.1, 0.15) is 11.9 Å². The van der Waals surface area contributed by atoms with Gasteiger partial charge in [-0.3, -0.25) is 9.59 Å². The van der Waals surface area contributed by atoms with Crippen LogP contribution in [0.1, 0.15) is 25.8 Å². The Hall–Kier alpha value is -2.90. The fourth-order valence-electron chi connectivity index (χ4n) is 2.66. The largest absolute Gasteiger partial charge is 0.480 e. The molecule has 0 aliphatic rings. The molecule has 0 spiro atoms. The topological polar surface area (TPSA) is 111 Å². The van der Waals surface area contributed by atoms with Crippen LogP contribution < -0.4 is 10.6 Å². The van der Waals surface area contributed by atoms with Gasteiger partial charge in [-0.05, 0) is 36.1 Å². The van der Waals surface area contributed by atoms with Crippen molar-refractivity contribution in [1.29, 1.82) is 0 Å². The Morgan fingerprint density at radius 1 is 1.23 bits per heavy atom. The lowest BCUT2D eigenvalue weighted by molar-refractivity contribution is -0.142. The van der Waals surface area contributed by atoms with Crippen molar-refractivity contribution in [3.8, 4) is 0 Å². The summed E-state index contributed by atoms with van der Waals surface area (Å²) >= 11 is 0. The molecule has 1 heterocycles. The van der Waals surface area contributed by atoms with E-state index in [0.29, 0.717) is 17.5 Å². The van der Waals surface area contributed by atoms with Crippen LogP contribution in [0.3, 0.4) is 0 Å². The predicted molar refractivity (Wildman–Crippen MR) is 94.0 cm³/mol. The molecular weight excluding hydrogens is 341 g/mol. The molecule has 2 rings (SSSR count). The SMILES string of the molecule is CC(C)C[C@H](NC(=O)CNC(=O)Cc1c[nH]c2cc(F)ccc12)C(=O)O. The summed E-state index contributed by atoms with van der Waals surface area (Å²) in [6.45, 7) is 3.41. The minimum Gasteiger partial charge on any atom is -0.480 e. The van der Waals surface area contributed by atoms with Crippen LogP contribution in [-0.2, 0) is 20.8 Å². The van der Waals surface area contributed by atoms with Crippen molar-refractivity contribution >= 4 is 28.7 Å². The van der Waals surface area contributed by atoms with Gasteiger partial charge in [-0.1, -0.05) is 13.8 Å². The molecule has 0 saturated heterocycles. The fraction of sp³-hybridized carbons (Fsp3) is 0.389. The number of H-pyrrole nitrogens is 1. The molecule has 2 aromatic rings. The van der Waals surface area contributed by atoms with Crippen molar-refractivity contribution in [1.82, 2.24) is 15.6 Å². The molecular formula is C18H22FN3O4. The lowest BCUT2D eigenvalue weighted by Gasteiger charge is -2.16. The van der Waals surface area contributed by atoms with Gasteiger partial charge in [0.15, 0.2) is 0 Å². The molecule has 0 unspecified atom stereocenters. The molecule has 0 aliphatic heterocycles. The molecule has 0 bridgehead atoms. The first-order valence-electron chi connectivity index (χ1n) is 8.30. The Morgan fingerprint density at radius 2 is 1.96 bits per heavy atom. The van der Waals surface area contributed by atoms with Crippen LogP contribution in [0, 0.1) is 11.7 Å². The average Bonchev–Trinajstić information content (AvgIpc) is 2.93. The van der Waals surface area contributed by atoms with Crippen LogP contribution >= 0.6 is 0 Å². The Balaban J connectivity index is 1.87. The number of carboxylic acid groups (broad SMARTS) is 1. The molecule has 2 amide bonds. The van der Waals surface area contributed by atoms with Crippen LogP contribution in [0.5, 0.6) is 0 Å². The van der Waals surface area contributed by atoms with Gasteiger partial charge >= 0.3 is 5.97 Å².